The van der Waals surface area contributed by atoms with Gasteiger partial charge in [0.1, 0.15) is 0 Å². The van der Waals surface area contributed by atoms with Gasteiger partial charge >= 0.3 is 0 Å². The fourth-order valence-corrected chi connectivity index (χ4v) is 4.22. The fraction of sp³-hybridized carbons (Fsp3) is 0.667. The van der Waals surface area contributed by atoms with Crippen LogP contribution >= 0.6 is 15.9 Å². The molecule has 3 atom stereocenters. The zero-order valence-electron chi connectivity index (χ0n) is 13.6. The third-order valence-electron chi connectivity index (χ3n) is 4.41. The van der Waals surface area contributed by atoms with Crippen molar-refractivity contribution in [1.29, 1.82) is 0 Å². The van der Waals surface area contributed by atoms with Gasteiger partial charge in [-0.05, 0) is 49.4 Å². The minimum absolute atomic E-state index is 0.443. The molecule has 1 saturated heterocycles. The topological polar surface area (TPSA) is 15.3 Å². The van der Waals surface area contributed by atoms with Crippen LogP contribution in [0, 0.1) is 11.8 Å². The van der Waals surface area contributed by atoms with E-state index in [0.29, 0.717) is 6.04 Å². The smallest absolute Gasteiger partial charge is 0.0343 e. The molecular weight excluding hydrogens is 324 g/mol. The molecule has 1 aromatic carbocycles. The van der Waals surface area contributed by atoms with Crippen molar-refractivity contribution in [3.8, 4) is 0 Å². The molecule has 1 fully saturated rings. The van der Waals surface area contributed by atoms with Crippen molar-refractivity contribution >= 4 is 15.9 Å². The Balaban J connectivity index is 1.96. The average Bonchev–Trinajstić information content (AvgIpc) is 2.43. The molecule has 2 nitrogen and oxygen atoms in total. The molecule has 0 amide bonds. The summed E-state index contributed by atoms with van der Waals surface area (Å²) in [6, 6.07) is 9.04. The largest absolute Gasteiger partial charge is 0.310 e. The molecular formula is C18H29BrN2. The van der Waals surface area contributed by atoms with Crippen molar-refractivity contribution < 1.29 is 0 Å². The standard InChI is InChI=1S/C18H29BrN2/c1-4-20-18(16-7-5-6-8-17(16)19)9-10-21-12-14(2)11-15(3)13-21/h5-8,14-15,18,20H,4,9-13H2,1-3H3. The van der Waals surface area contributed by atoms with E-state index in [9.17, 15) is 0 Å². The number of nitrogens with one attached hydrogen (secondary N) is 1. The van der Waals surface area contributed by atoms with E-state index < -0.39 is 0 Å². The third-order valence-corrected chi connectivity index (χ3v) is 5.13. The lowest BCUT2D eigenvalue weighted by Crippen LogP contribution is -2.40. The van der Waals surface area contributed by atoms with Gasteiger partial charge in [0.15, 0.2) is 0 Å². The summed E-state index contributed by atoms with van der Waals surface area (Å²) >= 11 is 3.70. The van der Waals surface area contributed by atoms with Crippen molar-refractivity contribution in [2.45, 2.75) is 39.7 Å². The van der Waals surface area contributed by atoms with Crippen molar-refractivity contribution in [3.05, 3.63) is 34.3 Å². The lowest BCUT2D eigenvalue weighted by atomic mass is 9.91. The summed E-state index contributed by atoms with van der Waals surface area (Å²) in [4.78, 5) is 2.65. The maximum Gasteiger partial charge on any atom is 0.0343 e. The first-order valence-electron chi connectivity index (χ1n) is 8.30. The van der Waals surface area contributed by atoms with Crippen LogP contribution in [0.15, 0.2) is 28.7 Å². The highest BCUT2D eigenvalue weighted by atomic mass is 79.9. The minimum Gasteiger partial charge on any atom is -0.310 e. The summed E-state index contributed by atoms with van der Waals surface area (Å²) < 4.78 is 1.22. The molecule has 1 aromatic rings. The normalized spacial score (nSPS) is 25.0. The van der Waals surface area contributed by atoms with Crippen LogP contribution in [0.3, 0.4) is 0 Å². The van der Waals surface area contributed by atoms with Crippen LogP contribution in [0.1, 0.15) is 45.2 Å². The van der Waals surface area contributed by atoms with Crippen molar-refractivity contribution in [3.63, 3.8) is 0 Å². The van der Waals surface area contributed by atoms with Gasteiger partial charge < -0.3 is 10.2 Å². The van der Waals surface area contributed by atoms with Gasteiger partial charge in [0.25, 0.3) is 0 Å². The number of halogens is 1. The van der Waals surface area contributed by atoms with Crippen LogP contribution in [-0.4, -0.2) is 31.1 Å². The number of hydrogen-bond acceptors (Lipinski definition) is 2. The molecule has 3 unspecified atom stereocenters. The molecule has 1 aliphatic rings. The van der Waals surface area contributed by atoms with Crippen LogP contribution < -0.4 is 5.32 Å². The second kappa shape index (κ2) is 8.30. The maximum atomic E-state index is 3.70. The van der Waals surface area contributed by atoms with Crippen molar-refractivity contribution in [2.24, 2.45) is 11.8 Å². The minimum atomic E-state index is 0.443. The molecule has 0 aromatic heterocycles. The second-order valence-electron chi connectivity index (χ2n) is 6.63. The van der Waals surface area contributed by atoms with Gasteiger partial charge in [-0.3, -0.25) is 0 Å². The predicted octanol–water partition coefficient (Wildman–Crippen LogP) is 4.47. The average molecular weight is 353 g/mol. The van der Waals surface area contributed by atoms with E-state index >= 15 is 0 Å². The van der Waals surface area contributed by atoms with Gasteiger partial charge in [-0.15, -0.1) is 0 Å². The van der Waals surface area contributed by atoms with E-state index in [-0.39, 0.29) is 0 Å². The summed E-state index contributed by atoms with van der Waals surface area (Å²) in [5.74, 6) is 1.68. The zero-order valence-corrected chi connectivity index (χ0v) is 15.2. The number of benzene rings is 1. The van der Waals surface area contributed by atoms with Gasteiger partial charge in [0.05, 0.1) is 0 Å². The predicted molar refractivity (Wildman–Crippen MR) is 94.6 cm³/mol. The van der Waals surface area contributed by atoms with Crippen LogP contribution in [0.4, 0.5) is 0 Å². The van der Waals surface area contributed by atoms with Gasteiger partial charge in [0.2, 0.25) is 0 Å². The quantitative estimate of drug-likeness (QED) is 0.812. The molecule has 1 aliphatic heterocycles. The highest BCUT2D eigenvalue weighted by Gasteiger charge is 2.22. The summed E-state index contributed by atoms with van der Waals surface area (Å²) in [5, 5.41) is 3.65. The Hall–Kier alpha value is -0.380. The lowest BCUT2D eigenvalue weighted by Gasteiger charge is -2.36. The summed E-state index contributed by atoms with van der Waals surface area (Å²) in [7, 11) is 0. The summed E-state index contributed by atoms with van der Waals surface area (Å²) in [6.07, 6.45) is 2.56. The monoisotopic (exact) mass is 352 g/mol. The molecule has 0 saturated carbocycles. The first kappa shape index (κ1) is 17.0. The number of likely N-dealkylation sites (tertiary alicyclic amines) is 1. The molecule has 118 valence electrons. The summed E-state index contributed by atoms with van der Waals surface area (Å²) in [6.45, 7) is 11.7. The SMILES string of the molecule is CCNC(CCN1CC(C)CC(C)C1)c1ccccc1Br. The second-order valence-corrected chi connectivity index (χ2v) is 7.48. The summed E-state index contributed by atoms with van der Waals surface area (Å²) in [5.41, 5.74) is 1.39. The first-order chi connectivity index (χ1) is 10.1. The van der Waals surface area contributed by atoms with E-state index in [1.807, 2.05) is 0 Å². The maximum absolute atomic E-state index is 3.70. The molecule has 1 heterocycles. The lowest BCUT2D eigenvalue weighted by molar-refractivity contribution is 0.135. The fourth-order valence-electron chi connectivity index (χ4n) is 3.66. The number of hydrogen-bond donors (Lipinski definition) is 1. The van der Waals surface area contributed by atoms with Crippen molar-refractivity contribution in [2.75, 3.05) is 26.2 Å². The molecule has 1 N–H and O–H groups in total. The molecule has 0 radical (unpaired) electrons. The first-order valence-corrected chi connectivity index (χ1v) is 9.09. The molecule has 0 bridgehead atoms. The van der Waals surface area contributed by atoms with E-state index in [1.54, 1.807) is 0 Å². The van der Waals surface area contributed by atoms with Crippen molar-refractivity contribution in [1.82, 2.24) is 10.2 Å². The molecule has 3 heteroatoms. The van der Waals surface area contributed by atoms with Gasteiger partial charge in [0, 0.05) is 23.6 Å². The Morgan fingerprint density at radius 1 is 1.24 bits per heavy atom. The molecule has 0 aliphatic carbocycles. The van der Waals surface area contributed by atoms with Crippen LogP contribution in [0.25, 0.3) is 0 Å². The Bertz CT molecular complexity index is 425. The zero-order chi connectivity index (χ0) is 15.2. The van der Waals surface area contributed by atoms with E-state index in [2.05, 4.69) is 71.2 Å². The molecule has 0 spiro atoms. The van der Waals surface area contributed by atoms with Gasteiger partial charge in [-0.1, -0.05) is 54.9 Å². The Morgan fingerprint density at radius 3 is 2.52 bits per heavy atom. The Labute approximate surface area is 138 Å². The number of nitrogens with zero attached hydrogens (tertiary/aromatic N) is 1. The molecule has 2 rings (SSSR count). The van der Waals surface area contributed by atoms with Gasteiger partial charge in [-0.2, -0.15) is 0 Å². The highest BCUT2D eigenvalue weighted by Crippen LogP contribution is 2.27. The van der Waals surface area contributed by atoms with Crippen LogP contribution in [0.5, 0.6) is 0 Å². The van der Waals surface area contributed by atoms with E-state index in [4.69, 9.17) is 0 Å². The van der Waals surface area contributed by atoms with Crippen LogP contribution in [-0.2, 0) is 0 Å². The van der Waals surface area contributed by atoms with E-state index in [1.165, 1.54) is 42.5 Å². The third kappa shape index (κ3) is 5.08. The molecule has 21 heavy (non-hydrogen) atoms. The number of piperidine rings is 1. The van der Waals surface area contributed by atoms with Crippen LogP contribution in [0.2, 0.25) is 0 Å². The van der Waals surface area contributed by atoms with E-state index in [0.717, 1.165) is 18.4 Å². The Morgan fingerprint density at radius 2 is 1.90 bits per heavy atom. The van der Waals surface area contributed by atoms with Gasteiger partial charge in [-0.25, -0.2) is 0 Å². The highest BCUT2D eigenvalue weighted by molar-refractivity contribution is 9.10. The Kier molecular flexibility index (Phi) is 6.72. The number of rotatable bonds is 6.